The van der Waals surface area contributed by atoms with Gasteiger partial charge in [0.05, 0.1) is 21.8 Å². The second-order valence-corrected chi connectivity index (χ2v) is 6.88. The maximum absolute atomic E-state index is 12.6. The highest BCUT2D eigenvalue weighted by Gasteiger charge is 2.31. The number of rotatable bonds is 6. The Bertz CT molecular complexity index is 967. The highest BCUT2D eigenvalue weighted by Crippen LogP contribution is 2.33. The monoisotopic (exact) mass is 428 g/mol. The quantitative estimate of drug-likeness (QED) is 0.479. The molecule has 2 aromatic heterocycles. The van der Waals surface area contributed by atoms with E-state index >= 15 is 0 Å². The Labute approximate surface area is 166 Å². The molecule has 0 radical (unpaired) electrons. The van der Waals surface area contributed by atoms with Crippen LogP contribution in [0.1, 0.15) is 15.9 Å². The molecular weight excluding hydrogens is 417 g/mol. The maximum atomic E-state index is 12.6. The van der Waals surface area contributed by atoms with E-state index in [1.165, 1.54) is 11.0 Å². The molecule has 3 aromatic rings. The van der Waals surface area contributed by atoms with Crippen molar-refractivity contribution in [3.05, 3.63) is 59.0 Å². The predicted octanol–water partition coefficient (Wildman–Crippen LogP) is 3.25. The molecule has 2 heterocycles. The number of nitrogens with zero attached hydrogens (tertiary/aromatic N) is 5. The van der Waals surface area contributed by atoms with Crippen molar-refractivity contribution in [1.29, 1.82) is 0 Å². The van der Waals surface area contributed by atoms with Crippen LogP contribution in [0.4, 0.5) is 13.2 Å². The Balaban J connectivity index is 1.57. The largest absolute Gasteiger partial charge is 0.417 e. The first-order valence-corrected chi connectivity index (χ1v) is 9.19. The number of thioether (sulfide) groups is 1. The molecule has 0 fully saturated rings. The van der Waals surface area contributed by atoms with Crippen LogP contribution in [0, 0.1) is 0 Å². The number of pyridine rings is 1. The summed E-state index contributed by atoms with van der Waals surface area (Å²) in [6.07, 6.45) is -2.39. The fraction of sp³-hybridized carbons (Fsp3) is 0.188. The lowest BCUT2D eigenvalue weighted by molar-refractivity contribution is -0.137. The number of carbonyl (C=O) groups excluding carboxylic acids is 1. The molecule has 0 aliphatic carbocycles. The van der Waals surface area contributed by atoms with Gasteiger partial charge in [-0.25, -0.2) is 4.98 Å². The van der Waals surface area contributed by atoms with Crippen LogP contribution < -0.4 is 5.32 Å². The number of aromatic nitrogens is 5. The number of halogens is 4. The number of tetrazole rings is 1. The third-order valence-electron chi connectivity index (χ3n) is 3.51. The summed E-state index contributed by atoms with van der Waals surface area (Å²) in [6, 6.07) is 7.63. The highest BCUT2D eigenvalue weighted by atomic mass is 35.5. The molecule has 1 aromatic carbocycles. The molecule has 7 nitrogen and oxygen atoms in total. The van der Waals surface area contributed by atoms with E-state index in [4.69, 9.17) is 11.6 Å². The van der Waals surface area contributed by atoms with Gasteiger partial charge in [0, 0.05) is 18.5 Å². The van der Waals surface area contributed by atoms with Gasteiger partial charge in [-0.05, 0) is 28.6 Å². The van der Waals surface area contributed by atoms with Crippen LogP contribution in [0.5, 0.6) is 0 Å². The van der Waals surface area contributed by atoms with Crippen molar-refractivity contribution in [3.63, 3.8) is 0 Å². The van der Waals surface area contributed by atoms with Gasteiger partial charge in [0.1, 0.15) is 11.4 Å². The van der Waals surface area contributed by atoms with Crippen molar-refractivity contribution in [2.45, 2.75) is 11.2 Å². The molecular formula is C16H12ClF3N6OS. The molecule has 1 N–H and O–H groups in total. The lowest BCUT2D eigenvalue weighted by atomic mass is 10.1. The van der Waals surface area contributed by atoms with Gasteiger partial charge < -0.3 is 5.32 Å². The van der Waals surface area contributed by atoms with E-state index in [0.29, 0.717) is 17.0 Å². The van der Waals surface area contributed by atoms with E-state index < -0.39 is 11.7 Å². The number of para-hydroxylation sites is 1. The third-order valence-corrected chi connectivity index (χ3v) is 4.91. The topological polar surface area (TPSA) is 85.6 Å². The lowest BCUT2D eigenvalue weighted by Gasteiger charge is -2.10. The number of nitrogens with one attached hydrogen (secondary N) is 1. The molecule has 0 saturated carbocycles. The van der Waals surface area contributed by atoms with Crippen LogP contribution in [0.25, 0.3) is 5.69 Å². The molecule has 146 valence electrons. The van der Waals surface area contributed by atoms with Crippen LogP contribution in [0.3, 0.4) is 0 Å². The zero-order valence-corrected chi connectivity index (χ0v) is 15.6. The molecule has 0 saturated heterocycles. The molecule has 0 bridgehead atoms. The van der Waals surface area contributed by atoms with Gasteiger partial charge in [-0.15, -0.1) is 16.9 Å². The SMILES string of the molecule is O=C(NCCSc1ncc(C(F)(F)F)cc1Cl)c1ccccc1-n1cnnn1. The maximum Gasteiger partial charge on any atom is 0.417 e. The standard InChI is InChI=1S/C16H12ClF3N6OS/c17-12-7-10(16(18,19)20)8-22-15(12)28-6-5-21-14(27)11-3-1-2-4-13(11)26-9-23-24-25-26/h1-4,7-9H,5-6H2,(H,21,27). The Morgan fingerprint density at radius 3 is 2.75 bits per heavy atom. The first-order valence-electron chi connectivity index (χ1n) is 7.82. The fourth-order valence-electron chi connectivity index (χ4n) is 2.23. The summed E-state index contributed by atoms with van der Waals surface area (Å²) in [5, 5.41) is 13.8. The lowest BCUT2D eigenvalue weighted by Crippen LogP contribution is -2.27. The third kappa shape index (κ3) is 4.78. The van der Waals surface area contributed by atoms with Crippen LogP contribution in [0.15, 0.2) is 47.9 Å². The van der Waals surface area contributed by atoms with Gasteiger partial charge in [-0.2, -0.15) is 17.9 Å². The Morgan fingerprint density at radius 1 is 1.29 bits per heavy atom. The average molecular weight is 429 g/mol. The predicted molar refractivity (Wildman–Crippen MR) is 96.5 cm³/mol. The number of hydrogen-bond acceptors (Lipinski definition) is 6. The minimum absolute atomic E-state index is 0.0878. The van der Waals surface area contributed by atoms with Gasteiger partial charge in [0.2, 0.25) is 0 Å². The zero-order chi connectivity index (χ0) is 20.1. The number of carbonyl (C=O) groups is 1. The molecule has 0 aliphatic rings. The summed E-state index contributed by atoms with van der Waals surface area (Å²) >= 11 is 7.00. The second-order valence-electron chi connectivity index (χ2n) is 5.38. The van der Waals surface area contributed by atoms with Gasteiger partial charge in [0.25, 0.3) is 5.91 Å². The van der Waals surface area contributed by atoms with Gasteiger partial charge in [0.15, 0.2) is 0 Å². The van der Waals surface area contributed by atoms with Gasteiger partial charge >= 0.3 is 6.18 Å². The van der Waals surface area contributed by atoms with Crippen molar-refractivity contribution in [2.24, 2.45) is 0 Å². The van der Waals surface area contributed by atoms with Crippen molar-refractivity contribution in [1.82, 2.24) is 30.5 Å². The first kappa shape index (κ1) is 20.1. The summed E-state index contributed by atoms with van der Waals surface area (Å²) in [5.74, 6) is 0.0369. The van der Waals surface area contributed by atoms with Crippen molar-refractivity contribution >= 4 is 29.3 Å². The summed E-state index contributed by atoms with van der Waals surface area (Å²) in [6.45, 7) is 0.256. The van der Waals surface area contributed by atoms with Crippen molar-refractivity contribution < 1.29 is 18.0 Å². The van der Waals surface area contributed by atoms with Crippen molar-refractivity contribution in [3.8, 4) is 5.69 Å². The number of amides is 1. The van der Waals surface area contributed by atoms with Crippen LogP contribution in [0.2, 0.25) is 5.02 Å². The minimum Gasteiger partial charge on any atom is -0.351 e. The van der Waals surface area contributed by atoms with E-state index in [1.807, 2.05) is 0 Å². The minimum atomic E-state index is -4.50. The van der Waals surface area contributed by atoms with E-state index in [1.54, 1.807) is 24.3 Å². The molecule has 3 rings (SSSR count). The van der Waals surface area contributed by atoms with Crippen molar-refractivity contribution in [2.75, 3.05) is 12.3 Å². The van der Waals surface area contributed by atoms with E-state index in [-0.39, 0.29) is 22.5 Å². The summed E-state index contributed by atoms with van der Waals surface area (Å²) in [4.78, 5) is 16.2. The Hall–Kier alpha value is -2.66. The van der Waals surface area contributed by atoms with Crippen LogP contribution in [-0.2, 0) is 6.18 Å². The Morgan fingerprint density at radius 2 is 2.07 bits per heavy atom. The molecule has 28 heavy (non-hydrogen) atoms. The summed E-state index contributed by atoms with van der Waals surface area (Å²) in [7, 11) is 0. The smallest absolute Gasteiger partial charge is 0.351 e. The first-order chi connectivity index (χ1) is 13.4. The average Bonchev–Trinajstić information content (AvgIpc) is 3.20. The highest BCUT2D eigenvalue weighted by molar-refractivity contribution is 7.99. The fourth-order valence-corrected chi connectivity index (χ4v) is 3.28. The molecule has 0 spiro atoms. The van der Waals surface area contributed by atoms with E-state index in [0.717, 1.165) is 24.0 Å². The molecule has 0 aliphatic heterocycles. The van der Waals surface area contributed by atoms with Gasteiger partial charge in [-0.1, -0.05) is 23.7 Å². The molecule has 1 amide bonds. The van der Waals surface area contributed by atoms with E-state index in [2.05, 4.69) is 25.8 Å². The normalized spacial score (nSPS) is 11.4. The molecule has 12 heteroatoms. The van der Waals surface area contributed by atoms with Crippen LogP contribution >= 0.6 is 23.4 Å². The summed E-state index contributed by atoms with van der Waals surface area (Å²) in [5.41, 5.74) is -0.00930. The number of benzene rings is 1. The van der Waals surface area contributed by atoms with Gasteiger partial charge in [-0.3, -0.25) is 4.79 Å². The Kier molecular flexibility index (Phi) is 6.15. The number of hydrogen-bond donors (Lipinski definition) is 1. The molecule has 0 atom stereocenters. The summed E-state index contributed by atoms with van der Waals surface area (Å²) < 4.78 is 39.2. The van der Waals surface area contributed by atoms with E-state index in [9.17, 15) is 18.0 Å². The second kappa shape index (κ2) is 8.57. The number of alkyl halides is 3. The van der Waals surface area contributed by atoms with Crippen LogP contribution in [-0.4, -0.2) is 43.4 Å². The zero-order valence-electron chi connectivity index (χ0n) is 14.0. The molecule has 0 unspecified atom stereocenters.